The van der Waals surface area contributed by atoms with Crippen LogP contribution < -0.4 is 10.6 Å². The molecule has 0 radical (unpaired) electrons. The number of anilines is 3. The first kappa shape index (κ1) is 17.2. The molecule has 9 heteroatoms. The van der Waals surface area contributed by atoms with E-state index in [-0.39, 0.29) is 10.7 Å². The van der Waals surface area contributed by atoms with Crippen molar-refractivity contribution in [2.24, 2.45) is 0 Å². The number of amides is 1. The topological polar surface area (TPSA) is 92.9 Å². The van der Waals surface area contributed by atoms with Gasteiger partial charge < -0.3 is 15.2 Å². The molecule has 1 aromatic carbocycles. The minimum absolute atomic E-state index is 0.172. The summed E-state index contributed by atoms with van der Waals surface area (Å²) in [5.74, 6) is 1.55. The molecule has 0 spiro atoms. The number of benzene rings is 1. The van der Waals surface area contributed by atoms with E-state index in [0.717, 1.165) is 0 Å². The molecule has 0 atom stereocenters. The first-order valence-electron chi connectivity index (χ1n) is 7.24. The van der Waals surface area contributed by atoms with Crippen LogP contribution in [0.15, 0.2) is 34.9 Å². The van der Waals surface area contributed by atoms with Gasteiger partial charge in [-0.25, -0.2) is 9.97 Å². The van der Waals surface area contributed by atoms with Gasteiger partial charge in [0.25, 0.3) is 5.91 Å². The SMILES string of the molecule is Cc1nc(Nc2cc(C)on2)cc(C(=O)Nc2cccc(Cl)c2Cl)n1. The molecule has 3 aromatic rings. The zero-order chi connectivity index (χ0) is 18.0. The Labute approximate surface area is 153 Å². The van der Waals surface area contributed by atoms with Crippen LogP contribution in [0.4, 0.5) is 17.3 Å². The summed E-state index contributed by atoms with van der Waals surface area (Å²) in [6.45, 7) is 3.46. The molecule has 0 bridgehead atoms. The Morgan fingerprint density at radius 3 is 2.64 bits per heavy atom. The Bertz CT molecular complexity index is 942. The highest BCUT2D eigenvalue weighted by atomic mass is 35.5. The minimum atomic E-state index is -0.436. The Hall–Kier alpha value is -2.64. The van der Waals surface area contributed by atoms with Crippen molar-refractivity contribution in [3.05, 3.63) is 57.7 Å². The molecule has 0 saturated carbocycles. The third-order valence-corrected chi connectivity index (χ3v) is 3.97. The lowest BCUT2D eigenvalue weighted by molar-refractivity contribution is 0.102. The maximum atomic E-state index is 12.5. The monoisotopic (exact) mass is 377 g/mol. The number of carbonyl (C=O) groups is 1. The van der Waals surface area contributed by atoms with Gasteiger partial charge >= 0.3 is 0 Å². The Morgan fingerprint density at radius 1 is 1.12 bits per heavy atom. The van der Waals surface area contributed by atoms with E-state index in [1.54, 1.807) is 38.1 Å². The molecule has 7 nitrogen and oxygen atoms in total. The summed E-state index contributed by atoms with van der Waals surface area (Å²) in [5.41, 5.74) is 0.573. The van der Waals surface area contributed by atoms with E-state index in [1.165, 1.54) is 6.07 Å². The summed E-state index contributed by atoms with van der Waals surface area (Å²) in [7, 11) is 0. The van der Waals surface area contributed by atoms with Gasteiger partial charge in [-0.3, -0.25) is 4.79 Å². The molecule has 0 saturated heterocycles. The maximum Gasteiger partial charge on any atom is 0.274 e. The molecule has 2 aromatic heterocycles. The van der Waals surface area contributed by atoms with Gasteiger partial charge in [0.05, 0.1) is 15.7 Å². The largest absolute Gasteiger partial charge is 0.360 e. The number of aryl methyl sites for hydroxylation is 2. The number of nitrogens with zero attached hydrogens (tertiary/aromatic N) is 3. The molecular formula is C16H13Cl2N5O2. The Balaban J connectivity index is 1.84. The number of rotatable bonds is 4. The van der Waals surface area contributed by atoms with E-state index in [2.05, 4.69) is 25.8 Å². The summed E-state index contributed by atoms with van der Waals surface area (Å²) in [4.78, 5) is 20.8. The van der Waals surface area contributed by atoms with Gasteiger partial charge in [-0.2, -0.15) is 0 Å². The molecule has 128 valence electrons. The number of carbonyl (C=O) groups excluding carboxylic acids is 1. The summed E-state index contributed by atoms with van der Waals surface area (Å²) < 4.78 is 4.99. The third kappa shape index (κ3) is 4.07. The van der Waals surface area contributed by atoms with Gasteiger partial charge in [-0.1, -0.05) is 34.4 Å². The predicted octanol–water partition coefficient (Wildman–Crippen LogP) is 4.38. The van der Waals surface area contributed by atoms with Crippen LogP contribution in [0, 0.1) is 13.8 Å². The van der Waals surface area contributed by atoms with Crippen molar-refractivity contribution in [3.8, 4) is 0 Å². The van der Waals surface area contributed by atoms with Crippen molar-refractivity contribution in [1.29, 1.82) is 0 Å². The fourth-order valence-corrected chi connectivity index (χ4v) is 2.44. The summed E-state index contributed by atoms with van der Waals surface area (Å²) in [5, 5.41) is 10.1. The Kier molecular flexibility index (Phi) is 4.87. The molecule has 0 aliphatic carbocycles. The number of nitrogens with one attached hydrogen (secondary N) is 2. The van der Waals surface area contributed by atoms with Crippen molar-refractivity contribution in [2.45, 2.75) is 13.8 Å². The van der Waals surface area contributed by atoms with Gasteiger partial charge in [-0.05, 0) is 26.0 Å². The smallest absolute Gasteiger partial charge is 0.274 e. The van der Waals surface area contributed by atoms with Gasteiger partial charge in [0.15, 0.2) is 5.82 Å². The molecule has 2 N–H and O–H groups in total. The summed E-state index contributed by atoms with van der Waals surface area (Å²) >= 11 is 12.0. The van der Waals surface area contributed by atoms with Crippen LogP contribution in [0.25, 0.3) is 0 Å². The highest BCUT2D eigenvalue weighted by Gasteiger charge is 2.14. The second-order valence-corrected chi connectivity index (χ2v) is 5.97. The highest BCUT2D eigenvalue weighted by Crippen LogP contribution is 2.29. The van der Waals surface area contributed by atoms with Crippen LogP contribution in [0.2, 0.25) is 10.0 Å². The first-order valence-corrected chi connectivity index (χ1v) is 7.99. The number of hydrogen-bond acceptors (Lipinski definition) is 6. The van der Waals surface area contributed by atoms with Gasteiger partial charge in [0.2, 0.25) is 0 Å². The van der Waals surface area contributed by atoms with Crippen LogP contribution in [0.3, 0.4) is 0 Å². The second kappa shape index (κ2) is 7.08. The van der Waals surface area contributed by atoms with Crippen molar-refractivity contribution < 1.29 is 9.32 Å². The lowest BCUT2D eigenvalue weighted by Gasteiger charge is -2.09. The van der Waals surface area contributed by atoms with Crippen LogP contribution in [-0.2, 0) is 0 Å². The predicted molar refractivity (Wildman–Crippen MR) is 95.7 cm³/mol. The zero-order valence-corrected chi connectivity index (χ0v) is 14.8. The normalized spacial score (nSPS) is 10.6. The second-order valence-electron chi connectivity index (χ2n) is 5.19. The fourth-order valence-electron chi connectivity index (χ4n) is 2.09. The van der Waals surface area contributed by atoms with E-state index >= 15 is 0 Å². The average molecular weight is 378 g/mol. The number of aromatic nitrogens is 3. The zero-order valence-electron chi connectivity index (χ0n) is 13.3. The minimum Gasteiger partial charge on any atom is -0.360 e. The molecule has 25 heavy (non-hydrogen) atoms. The number of halogens is 2. The molecular weight excluding hydrogens is 365 g/mol. The van der Waals surface area contributed by atoms with Crippen LogP contribution >= 0.6 is 23.2 Å². The fraction of sp³-hybridized carbons (Fsp3) is 0.125. The molecule has 3 rings (SSSR count). The molecule has 0 aliphatic heterocycles. The van der Waals surface area contributed by atoms with E-state index < -0.39 is 5.91 Å². The lowest BCUT2D eigenvalue weighted by Crippen LogP contribution is -2.15. The number of hydrogen-bond donors (Lipinski definition) is 2. The van der Waals surface area contributed by atoms with E-state index in [9.17, 15) is 4.79 Å². The van der Waals surface area contributed by atoms with Crippen molar-refractivity contribution in [3.63, 3.8) is 0 Å². The molecule has 0 unspecified atom stereocenters. The molecule has 0 fully saturated rings. The van der Waals surface area contributed by atoms with E-state index in [4.69, 9.17) is 27.7 Å². The maximum absolute atomic E-state index is 12.5. The third-order valence-electron chi connectivity index (χ3n) is 3.15. The summed E-state index contributed by atoms with van der Waals surface area (Å²) in [6.07, 6.45) is 0. The lowest BCUT2D eigenvalue weighted by atomic mass is 10.3. The first-order chi connectivity index (χ1) is 11.9. The molecule has 2 heterocycles. The Morgan fingerprint density at radius 2 is 1.92 bits per heavy atom. The van der Waals surface area contributed by atoms with Crippen LogP contribution in [0.1, 0.15) is 22.1 Å². The van der Waals surface area contributed by atoms with Crippen LogP contribution in [-0.4, -0.2) is 21.0 Å². The van der Waals surface area contributed by atoms with Crippen molar-refractivity contribution in [2.75, 3.05) is 10.6 Å². The van der Waals surface area contributed by atoms with Gasteiger partial charge in [0.1, 0.15) is 23.1 Å². The average Bonchev–Trinajstić information content (AvgIpc) is 2.96. The standard InChI is InChI=1S/C16H13Cl2N5O2/c1-8-6-14(23-25-8)22-13-7-12(19-9(2)20-13)16(24)21-11-5-3-4-10(17)15(11)18/h3-7H,1-2H3,(H,21,24)(H,19,20,22,23). The quantitative estimate of drug-likeness (QED) is 0.700. The highest BCUT2D eigenvalue weighted by molar-refractivity contribution is 6.44. The van der Waals surface area contributed by atoms with E-state index in [0.29, 0.717) is 33.9 Å². The van der Waals surface area contributed by atoms with Gasteiger partial charge in [-0.15, -0.1) is 0 Å². The van der Waals surface area contributed by atoms with Gasteiger partial charge in [0, 0.05) is 12.1 Å². The summed E-state index contributed by atoms with van der Waals surface area (Å²) in [6, 6.07) is 8.19. The van der Waals surface area contributed by atoms with E-state index in [1.807, 2.05) is 0 Å². The van der Waals surface area contributed by atoms with Crippen molar-refractivity contribution >= 4 is 46.4 Å². The van der Waals surface area contributed by atoms with Crippen LogP contribution in [0.5, 0.6) is 0 Å². The molecule has 0 aliphatic rings. The molecule has 1 amide bonds. The van der Waals surface area contributed by atoms with Crippen molar-refractivity contribution in [1.82, 2.24) is 15.1 Å².